The van der Waals surface area contributed by atoms with Crippen molar-refractivity contribution in [2.45, 2.75) is 39.5 Å². The van der Waals surface area contributed by atoms with Gasteiger partial charge in [0.2, 0.25) is 11.8 Å². The summed E-state index contributed by atoms with van der Waals surface area (Å²) in [6.45, 7) is 6.19. The maximum Gasteiger partial charge on any atom is 0.242 e. The largest absolute Gasteiger partial charge is 0.341 e. The van der Waals surface area contributed by atoms with E-state index in [1.54, 1.807) is 4.90 Å². The first-order valence-electron chi connectivity index (χ1n) is 8.70. The zero-order valence-corrected chi connectivity index (χ0v) is 14.1. The summed E-state index contributed by atoms with van der Waals surface area (Å²) in [6, 6.07) is 7.98. The number of fused-ring (bicyclic) bond motifs is 1. The van der Waals surface area contributed by atoms with Gasteiger partial charge in [-0.1, -0.05) is 32.0 Å². The zero-order valence-electron chi connectivity index (χ0n) is 14.1. The number of benzene rings is 1. The highest BCUT2D eigenvalue weighted by molar-refractivity contribution is 5.99. The number of piperidine rings is 1. The highest BCUT2D eigenvalue weighted by Crippen LogP contribution is 2.27. The van der Waals surface area contributed by atoms with Crippen LogP contribution in [0.15, 0.2) is 24.3 Å². The lowest BCUT2D eigenvalue weighted by Crippen LogP contribution is -2.48. The minimum atomic E-state index is 0.0707. The van der Waals surface area contributed by atoms with Crippen molar-refractivity contribution in [2.24, 2.45) is 11.8 Å². The van der Waals surface area contributed by atoms with E-state index in [1.807, 2.05) is 23.1 Å². The predicted octanol–water partition coefficient (Wildman–Crippen LogP) is 2.86. The molecule has 1 saturated heterocycles. The Bertz CT molecular complexity index is 589. The minimum Gasteiger partial charge on any atom is -0.341 e. The van der Waals surface area contributed by atoms with Crippen molar-refractivity contribution in [1.29, 1.82) is 0 Å². The summed E-state index contributed by atoms with van der Waals surface area (Å²) >= 11 is 0. The smallest absolute Gasteiger partial charge is 0.242 e. The van der Waals surface area contributed by atoms with Gasteiger partial charge in [0.25, 0.3) is 0 Å². The highest BCUT2D eigenvalue weighted by Gasteiger charge is 2.29. The second kappa shape index (κ2) is 6.73. The summed E-state index contributed by atoms with van der Waals surface area (Å²) in [6.07, 6.45) is 3.47. The first kappa shape index (κ1) is 16.0. The van der Waals surface area contributed by atoms with E-state index in [1.165, 1.54) is 12.0 Å². The molecule has 1 aromatic rings. The molecule has 1 fully saturated rings. The first-order valence-corrected chi connectivity index (χ1v) is 8.70. The highest BCUT2D eigenvalue weighted by atomic mass is 16.2. The Morgan fingerprint density at radius 2 is 1.83 bits per heavy atom. The first-order chi connectivity index (χ1) is 11.0. The van der Waals surface area contributed by atoms with Gasteiger partial charge in [-0.2, -0.15) is 0 Å². The zero-order chi connectivity index (χ0) is 16.4. The van der Waals surface area contributed by atoms with Crippen LogP contribution < -0.4 is 4.90 Å². The Kier molecular flexibility index (Phi) is 4.69. The van der Waals surface area contributed by atoms with Crippen LogP contribution in [0.2, 0.25) is 0 Å². The molecule has 1 aromatic carbocycles. The Hall–Kier alpha value is -1.84. The van der Waals surface area contributed by atoms with Crippen LogP contribution in [-0.4, -0.2) is 36.3 Å². The number of hydrogen-bond donors (Lipinski definition) is 0. The van der Waals surface area contributed by atoms with Crippen LogP contribution in [-0.2, 0) is 16.0 Å². The molecule has 2 aliphatic heterocycles. The summed E-state index contributed by atoms with van der Waals surface area (Å²) in [7, 11) is 0. The summed E-state index contributed by atoms with van der Waals surface area (Å²) in [5, 5.41) is 0. The van der Waals surface area contributed by atoms with Crippen molar-refractivity contribution in [3.8, 4) is 0 Å². The molecule has 0 saturated carbocycles. The lowest BCUT2D eigenvalue weighted by molar-refractivity contribution is -0.133. The van der Waals surface area contributed by atoms with Crippen molar-refractivity contribution in [3.05, 3.63) is 29.8 Å². The van der Waals surface area contributed by atoms with Gasteiger partial charge >= 0.3 is 0 Å². The SMILES string of the molecule is C[C@@H]1C[C@@H](C)CN(C(=O)CN2C(=O)CCCc3ccccc32)C1. The molecule has 23 heavy (non-hydrogen) atoms. The van der Waals surface area contributed by atoms with Crippen molar-refractivity contribution in [3.63, 3.8) is 0 Å². The van der Waals surface area contributed by atoms with Gasteiger partial charge in [-0.15, -0.1) is 0 Å². The summed E-state index contributed by atoms with van der Waals surface area (Å²) in [4.78, 5) is 28.9. The van der Waals surface area contributed by atoms with E-state index in [4.69, 9.17) is 0 Å². The number of rotatable bonds is 2. The number of anilines is 1. The number of likely N-dealkylation sites (tertiary alicyclic amines) is 1. The van der Waals surface area contributed by atoms with E-state index in [9.17, 15) is 9.59 Å². The molecule has 0 spiro atoms. The Balaban J connectivity index is 1.78. The summed E-state index contributed by atoms with van der Waals surface area (Å²) in [5.74, 6) is 1.22. The minimum absolute atomic E-state index is 0.0707. The third kappa shape index (κ3) is 3.57. The van der Waals surface area contributed by atoms with E-state index in [0.717, 1.165) is 31.6 Å². The van der Waals surface area contributed by atoms with Crippen molar-refractivity contribution >= 4 is 17.5 Å². The molecule has 4 heteroatoms. The van der Waals surface area contributed by atoms with E-state index in [0.29, 0.717) is 18.3 Å². The number of hydrogen-bond acceptors (Lipinski definition) is 2. The van der Waals surface area contributed by atoms with Crippen LogP contribution >= 0.6 is 0 Å². The fourth-order valence-electron chi connectivity index (χ4n) is 3.96. The van der Waals surface area contributed by atoms with Gasteiger partial charge in [0, 0.05) is 25.2 Å². The van der Waals surface area contributed by atoms with Crippen molar-refractivity contribution in [2.75, 3.05) is 24.5 Å². The van der Waals surface area contributed by atoms with Gasteiger partial charge in [0.05, 0.1) is 0 Å². The standard InChI is InChI=1S/C19H26N2O2/c1-14-10-15(2)12-20(11-14)19(23)13-21-17-8-4-3-6-16(17)7-5-9-18(21)22/h3-4,6,8,14-15H,5,7,9-13H2,1-2H3/t14-,15-/m1/s1. The average molecular weight is 314 g/mol. The van der Waals surface area contributed by atoms with Crippen LogP contribution in [0.1, 0.15) is 38.7 Å². The van der Waals surface area contributed by atoms with Crippen molar-refractivity contribution in [1.82, 2.24) is 4.90 Å². The third-order valence-corrected chi connectivity index (χ3v) is 4.94. The Morgan fingerprint density at radius 3 is 2.57 bits per heavy atom. The Labute approximate surface area is 138 Å². The van der Waals surface area contributed by atoms with Crippen LogP contribution in [0.5, 0.6) is 0 Å². The van der Waals surface area contributed by atoms with Gasteiger partial charge in [-0.05, 0) is 42.7 Å². The van der Waals surface area contributed by atoms with Crippen LogP contribution in [0, 0.1) is 11.8 Å². The van der Waals surface area contributed by atoms with E-state index in [2.05, 4.69) is 19.9 Å². The molecule has 2 atom stereocenters. The second-order valence-corrected chi connectivity index (χ2v) is 7.21. The summed E-state index contributed by atoms with van der Waals surface area (Å²) < 4.78 is 0. The van der Waals surface area contributed by atoms with Crippen LogP contribution in [0.3, 0.4) is 0 Å². The van der Waals surface area contributed by atoms with E-state index in [-0.39, 0.29) is 18.4 Å². The predicted molar refractivity (Wildman–Crippen MR) is 91.3 cm³/mol. The quantitative estimate of drug-likeness (QED) is 0.842. The molecule has 0 radical (unpaired) electrons. The van der Waals surface area contributed by atoms with Gasteiger partial charge < -0.3 is 9.80 Å². The molecule has 0 aromatic heterocycles. The number of carbonyl (C=O) groups is 2. The monoisotopic (exact) mass is 314 g/mol. The Morgan fingerprint density at radius 1 is 1.13 bits per heavy atom. The molecule has 0 bridgehead atoms. The third-order valence-electron chi connectivity index (χ3n) is 4.94. The molecule has 4 nitrogen and oxygen atoms in total. The molecule has 3 rings (SSSR count). The van der Waals surface area contributed by atoms with Gasteiger partial charge in [-0.3, -0.25) is 9.59 Å². The second-order valence-electron chi connectivity index (χ2n) is 7.21. The molecular weight excluding hydrogens is 288 g/mol. The van der Waals surface area contributed by atoms with E-state index < -0.39 is 0 Å². The molecule has 2 aliphatic rings. The van der Waals surface area contributed by atoms with Gasteiger partial charge in [-0.25, -0.2) is 0 Å². The van der Waals surface area contributed by atoms with Crippen LogP contribution in [0.25, 0.3) is 0 Å². The number of nitrogens with zero attached hydrogens (tertiary/aromatic N) is 2. The molecule has 0 N–H and O–H groups in total. The molecular formula is C19H26N2O2. The maximum absolute atomic E-state index is 12.8. The maximum atomic E-state index is 12.8. The molecule has 0 unspecified atom stereocenters. The average Bonchev–Trinajstić information content (AvgIpc) is 2.66. The molecule has 2 amide bonds. The lowest BCUT2D eigenvalue weighted by atomic mass is 9.92. The number of carbonyl (C=O) groups excluding carboxylic acids is 2. The normalized spacial score (nSPS) is 25.0. The van der Waals surface area contributed by atoms with Gasteiger partial charge in [0.15, 0.2) is 0 Å². The number of amides is 2. The van der Waals surface area contributed by atoms with Crippen LogP contribution in [0.4, 0.5) is 5.69 Å². The van der Waals surface area contributed by atoms with Crippen molar-refractivity contribution < 1.29 is 9.59 Å². The fraction of sp³-hybridized carbons (Fsp3) is 0.579. The number of aryl methyl sites for hydroxylation is 1. The molecule has 0 aliphatic carbocycles. The number of para-hydroxylation sites is 1. The topological polar surface area (TPSA) is 40.6 Å². The van der Waals surface area contributed by atoms with E-state index >= 15 is 0 Å². The molecule has 124 valence electrons. The lowest BCUT2D eigenvalue weighted by Gasteiger charge is -2.36. The van der Waals surface area contributed by atoms with Gasteiger partial charge in [0.1, 0.15) is 6.54 Å². The fourth-order valence-corrected chi connectivity index (χ4v) is 3.96. The molecule has 2 heterocycles. The summed E-state index contributed by atoms with van der Waals surface area (Å²) in [5.41, 5.74) is 2.09.